The van der Waals surface area contributed by atoms with Gasteiger partial charge in [0.05, 0.1) is 30.0 Å². The number of carbonyl (C=O) groups excluding carboxylic acids is 3. The molecular weight excluding hydrogens is 400 g/mol. The zero-order valence-corrected chi connectivity index (χ0v) is 17.5. The molecular formula is C22H24N4O5. The van der Waals surface area contributed by atoms with Gasteiger partial charge in [-0.1, -0.05) is 0 Å². The Morgan fingerprint density at radius 3 is 2.55 bits per heavy atom. The lowest BCUT2D eigenvalue weighted by atomic mass is 9.82. The summed E-state index contributed by atoms with van der Waals surface area (Å²) in [6, 6.07) is 7.02. The van der Waals surface area contributed by atoms with Crippen molar-refractivity contribution >= 4 is 28.8 Å². The fourth-order valence-electron chi connectivity index (χ4n) is 5.28. The van der Waals surface area contributed by atoms with E-state index >= 15 is 0 Å². The first-order valence-electron chi connectivity index (χ1n) is 10.2. The number of aliphatic hydroxyl groups is 1. The molecule has 0 spiro atoms. The molecule has 9 nitrogen and oxygen atoms in total. The standard InChI is InChI=1S/C22H24N4O5/c1-10-17(24-13-6-4-12(5-7-13)23-11(2)28)20(30)16-14(9-27)22(31-3)21-15(25-21)8-26(22)18(16)19(10)29/h4-7,14-15,21,24-25,27H,8-9H2,1-3H3,(H,23,28). The van der Waals surface area contributed by atoms with Crippen molar-refractivity contribution in [3.8, 4) is 0 Å². The van der Waals surface area contributed by atoms with E-state index in [1.807, 2.05) is 4.90 Å². The molecule has 31 heavy (non-hydrogen) atoms. The summed E-state index contributed by atoms with van der Waals surface area (Å²) >= 11 is 0. The minimum Gasteiger partial charge on any atom is -0.396 e. The number of rotatable bonds is 5. The van der Waals surface area contributed by atoms with Crippen molar-refractivity contribution in [3.05, 3.63) is 46.8 Å². The quantitative estimate of drug-likeness (QED) is 0.394. The molecule has 2 fully saturated rings. The van der Waals surface area contributed by atoms with Crippen LogP contribution < -0.4 is 16.0 Å². The van der Waals surface area contributed by atoms with Gasteiger partial charge in [0, 0.05) is 49.1 Å². The van der Waals surface area contributed by atoms with Crippen LogP contribution in [0.15, 0.2) is 46.8 Å². The number of piperazine rings is 1. The Balaban J connectivity index is 1.48. The Kier molecular flexibility index (Phi) is 4.34. The number of ether oxygens (including phenoxy) is 1. The summed E-state index contributed by atoms with van der Waals surface area (Å²) in [7, 11) is 1.56. The molecule has 0 saturated carbocycles. The number of hydrogen-bond acceptors (Lipinski definition) is 8. The minimum absolute atomic E-state index is 0.0288. The van der Waals surface area contributed by atoms with Gasteiger partial charge in [0.1, 0.15) is 0 Å². The summed E-state index contributed by atoms with van der Waals surface area (Å²) in [5, 5.41) is 19.3. The smallest absolute Gasteiger partial charge is 0.221 e. The molecule has 4 N–H and O–H groups in total. The number of anilines is 2. The number of fused-ring (bicyclic) bond motifs is 4. The maximum absolute atomic E-state index is 13.6. The predicted molar refractivity (Wildman–Crippen MR) is 112 cm³/mol. The molecule has 1 aromatic carbocycles. The van der Waals surface area contributed by atoms with Crippen LogP contribution in [0.1, 0.15) is 13.8 Å². The first-order chi connectivity index (χ1) is 14.8. The van der Waals surface area contributed by atoms with Gasteiger partial charge in [0.2, 0.25) is 17.5 Å². The number of allylic oxidation sites excluding steroid dienone is 2. The molecule has 2 saturated heterocycles. The Morgan fingerprint density at radius 1 is 1.26 bits per heavy atom. The number of hydrogen-bond donors (Lipinski definition) is 4. The highest BCUT2D eigenvalue weighted by Crippen LogP contribution is 2.55. The normalized spacial score (nSPS) is 31.0. The first-order valence-corrected chi connectivity index (χ1v) is 10.2. The highest BCUT2D eigenvalue weighted by atomic mass is 16.5. The molecule has 162 valence electrons. The fraction of sp³-hybridized carbons (Fsp3) is 0.409. The van der Waals surface area contributed by atoms with Crippen LogP contribution in [0, 0.1) is 5.92 Å². The molecule has 1 amide bonds. The van der Waals surface area contributed by atoms with Crippen LogP contribution in [-0.2, 0) is 19.1 Å². The minimum atomic E-state index is -0.925. The monoisotopic (exact) mass is 424 g/mol. The van der Waals surface area contributed by atoms with Crippen molar-refractivity contribution in [2.75, 3.05) is 30.9 Å². The number of aliphatic hydroxyl groups excluding tert-OH is 1. The third-order valence-electron chi connectivity index (χ3n) is 6.69. The van der Waals surface area contributed by atoms with Crippen LogP contribution in [0.2, 0.25) is 0 Å². The predicted octanol–water partition coefficient (Wildman–Crippen LogP) is 0.358. The molecule has 1 aromatic rings. The Morgan fingerprint density at radius 2 is 1.94 bits per heavy atom. The summed E-state index contributed by atoms with van der Waals surface area (Å²) in [6.07, 6.45) is 0. The van der Waals surface area contributed by atoms with Crippen molar-refractivity contribution in [3.63, 3.8) is 0 Å². The summed E-state index contributed by atoms with van der Waals surface area (Å²) in [5.41, 5.74) is 1.50. The largest absolute Gasteiger partial charge is 0.396 e. The van der Waals surface area contributed by atoms with E-state index in [-0.39, 0.29) is 41.9 Å². The fourth-order valence-corrected chi connectivity index (χ4v) is 5.28. The van der Waals surface area contributed by atoms with E-state index in [0.717, 1.165) is 0 Å². The topological polar surface area (TPSA) is 130 Å². The van der Waals surface area contributed by atoms with E-state index in [4.69, 9.17) is 4.74 Å². The molecule has 0 aromatic heterocycles. The third-order valence-corrected chi connectivity index (χ3v) is 6.69. The van der Waals surface area contributed by atoms with E-state index in [0.29, 0.717) is 34.8 Å². The van der Waals surface area contributed by atoms with Gasteiger partial charge in [-0.25, -0.2) is 0 Å². The third kappa shape index (κ3) is 2.63. The molecule has 0 radical (unpaired) electrons. The molecule has 9 heteroatoms. The van der Waals surface area contributed by atoms with Crippen LogP contribution >= 0.6 is 0 Å². The number of benzene rings is 1. The second-order valence-corrected chi connectivity index (χ2v) is 8.36. The van der Waals surface area contributed by atoms with Crippen LogP contribution in [0.25, 0.3) is 0 Å². The van der Waals surface area contributed by atoms with Gasteiger partial charge in [0.15, 0.2) is 5.72 Å². The molecule has 1 aliphatic carbocycles. The lowest BCUT2D eigenvalue weighted by Gasteiger charge is -2.39. The molecule has 4 atom stereocenters. The highest BCUT2D eigenvalue weighted by molar-refractivity contribution is 6.26. The number of carbonyl (C=O) groups is 3. The van der Waals surface area contributed by atoms with Gasteiger partial charge < -0.3 is 30.7 Å². The van der Waals surface area contributed by atoms with E-state index in [1.54, 1.807) is 38.3 Å². The van der Waals surface area contributed by atoms with Crippen molar-refractivity contribution in [2.24, 2.45) is 5.92 Å². The number of Topliss-reactive ketones (excluding diaryl/α,β-unsaturated/α-hetero) is 2. The lowest BCUT2D eigenvalue weighted by Crippen LogP contribution is -2.54. The average molecular weight is 424 g/mol. The molecule has 5 rings (SSSR count). The van der Waals surface area contributed by atoms with Crippen molar-refractivity contribution in [1.82, 2.24) is 10.2 Å². The van der Waals surface area contributed by atoms with Crippen LogP contribution in [0.4, 0.5) is 11.4 Å². The molecule has 0 bridgehead atoms. The van der Waals surface area contributed by atoms with Crippen molar-refractivity contribution < 1.29 is 24.2 Å². The summed E-state index contributed by atoms with van der Waals surface area (Å²) in [6.45, 7) is 3.32. The Hall–Kier alpha value is -3.01. The number of nitrogens with one attached hydrogen (secondary N) is 3. The van der Waals surface area contributed by atoms with E-state index in [9.17, 15) is 19.5 Å². The maximum atomic E-state index is 13.6. The molecule has 3 heterocycles. The van der Waals surface area contributed by atoms with Crippen molar-refractivity contribution in [2.45, 2.75) is 31.7 Å². The van der Waals surface area contributed by atoms with E-state index < -0.39 is 11.6 Å². The van der Waals surface area contributed by atoms with Gasteiger partial charge in [-0.2, -0.15) is 0 Å². The first kappa shape index (κ1) is 19.9. The second kappa shape index (κ2) is 6.74. The van der Waals surface area contributed by atoms with Gasteiger partial charge in [0.25, 0.3) is 0 Å². The zero-order chi connectivity index (χ0) is 22.1. The molecule has 4 aliphatic rings. The Labute approximate surface area is 179 Å². The maximum Gasteiger partial charge on any atom is 0.221 e. The zero-order valence-electron chi connectivity index (χ0n) is 17.5. The summed E-state index contributed by atoms with van der Waals surface area (Å²) in [5.74, 6) is -1.34. The number of ketones is 2. The van der Waals surface area contributed by atoms with Crippen molar-refractivity contribution in [1.29, 1.82) is 0 Å². The number of amides is 1. The molecule has 3 aliphatic heterocycles. The SMILES string of the molecule is COC12C(CO)C3=C(C(=O)C(C)=C(Nc4ccc(NC(C)=O)cc4)C3=O)N1CC1NC12. The van der Waals surface area contributed by atoms with Gasteiger partial charge in [-0.15, -0.1) is 0 Å². The van der Waals surface area contributed by atoms with Gasteiger partial charge >= 0.3 is 0 Å². The van der Waals surface area contributed by atoms with Crippen LogP contribution in [0.5, 0.6) is 0 Å². The average Bonchev–Trinajstić information content (AvgIpc) is 3.35. The van der Waals surface area contributed by atoms with Gasteiger partial charge in [-0.3, -0.25) is 14.4 Å². The van der Waals surface area contributed by atoms with Gasteiger partial charge in [-0.05, 0) is 31.2 Å². The number of nitrogens with zero attached hydrogens (tertiary/aromatic N) is 1. The lowest BCUT2D eigenvalue weighted by molar-refractivity contribution is -0.137. The van der Waals surface area contributed by atoms with E-state index in [2.05, 4.69) is 16.0 Å². The Bertz CT molecular complexity index is 1080. The second-order valence-electron chi connectivity index (χ2n) is 8.36. The highest BCUT2D eigenvalue weighted by Gasteiger charge is 2.72. The number of methoxy groups -OCH3 is 1. The van der Waals surface area contributed by atoms with E-state index in [1.165, 1.54) is 6.92 Å². The summed E-state index contributed by atoms with van der Waals surface area (Å²) in [4.78, 5) is 40.0. The van der Waals surface area contributed by atoms with Crippen LogP contribution in [-0.4, -0.2) is 65.6 Å². The van der Waals surface area contributed by atoms with Crippen LogP contribution in [0.3, 0.4) is 0 Å². The molecule has 4 unspecified atom stereocenters. The summed E-state index contributed by atoms with van der Waals surface area (Å²) < 4.78 is 5.89.